The Morgan fingerprint density at radius 3 is 2.67 bits per heavy atom. The molecular weight excluding hydrogens is 270 g/mol. The summed E-state index contributed by atoms with van der Waals surface area (Å²) in [6, 6.07) is 6.95. The Labute approximate surface area is 116 Å². The number of hydrogen-bond donors (Lipinski definition) is 3. The van der Waals surface area contributed by atoms with E-state index in [1.807, 2.05) is 25.1 Å². The number of amides is 1. The zero-order chi connectivity index (χ0) is 13.3. The monoisotopic (exact) mass is 283 g/mol. The molecule has 0 aliphatic carbocycles. The second kappa shape index (κ2) is 5.12. The van der Waals surface area contributed by atoms with Gasteiger partial charge in [0, 0.05) is 11.1 Å². The maximum Gasteiger partial charge on any atom is 0.225 e. The number of halogens is 1. The van der Waals surface area contributed by atoms with Gasteiger partial charge in [-0.05, 0) is 30.8 Å². The predicted molar refractivity (Wildman–Crippen MR) is 75.2 cm³/mol. The Balaban J connectivity index is 2.41. The lowest BCUT2D eigenvalue weighted by molar-refractivity contribution is -0.123. The summed E-state index contributed by atoms with van der Waals surface area (Å²) in [5, 5.41) is 7.18. The van der Waals surface area contributed by atoms with Crippen LogP contribution in [0.5, 0.6) is 0 Å². The van der Waals surface area contributed by atoms with Gasteiger partial charge in [-0.1, -0.05) is 29.8 Å². The maximum atomic E-state index is 11.6. The third-order valence-corrected chi connectivity index (χ3v) is 3.69. The number of carbonyl (C=O) groups excluding carboxylic acids is 1. The van der Waals surface area contributed by atoms with E-state index in [9.17, 15) is 4.79 Å². The van der Waals surface area contributed by atoms with E-state index in [1.54, 1.807) is 6.07 Å². The van der Waals surface area contributed by atoms with E-state index in [2.05, 4.69) is 10.6 Å². The third kappa shape index (κ3) is 2.42. The Morgan fingerprint density at radius 2 is 2.06 bits per heavy atom. The molecule has 1 aliphatic heterocycles. The third-order valence-electron chi connectivity index (χ3n) is 3.11. The minimum Gasteiger partial charge on any atom is -0.369 e. The molecule has 1 aliphatic rings. The van der Waals surface area contributed by atoms with Gasteiger partial charge < -0.3 is 16.4 Å². The van der Waals surface area contributed by atoms with Gasteiger partial charge in [0.25, 0.3) is 0 Å². The highest BCUT2D eigenvalue weighted by molar-refractivity contribution is 7.80. The molecule has 3 atom stereocenters. The van der Waals surface area contributed by atoms with Crippen molar-refractivity contribution in [1.82, 2.24) is 10.6 Å². The second-order valence-corrected chi connectivity index (χ2v) is 5.15. The number of primary amides is 1. The molecule has 0 radical (unpaired) electrons. The quantitative estimate of drug-likeness (QED) is 0.717. The number of benzene rings is 1. The first-order valence-corrected chi connectivity index (χ1v) is 6.40. The second-order valence-electron chi connectivity index (χ2n) is 4.33. The van der Waals surface area contributed by atoms with Gasteiger partial charge in [-0.25, -0.2) is 0 Å². The summed E-state index contributed by atoms with van der Waals surface area (Å²) < 4.78 is 0. The lowest BCUT2D eigenvalue weighted by Gasteiger charge is -2.38. The summed E-state index contributed by atoms with van der Waals surface area (Å²) >= 11 is 11.3. The van der Waals surface area contributed by atoms with Crippen LogP contribution in [-0.2, 0) is 4.79 Å². The molecule has 1 aromatic rings. The molecule has 3 unspecified atom stereocenters. The fraction of sp³-hybridized carbons (Fsp3) is 0.333. The Morgan fingerprint density at radius 1 is 1.39 bits per heavy atom. The molecule has 1 amide bonds. The first-order valence-electron chi connectivity index (χ1n) is 5.61. The van der Waals surface area contributed by atoms with Gasteiger partial charge in [0.2, 0.25) is 5.91 Å². The van der Waals surface area contributed by atoms with Crippen molar-refractivity contribution in [2.75, 3.05) is 0 Å². The van der Waals surface area contributed by atoms with E-state index >= 15 is 0 Å². The molecule has 0 spiro atoms. The van der Waals surface area contributed by atoms with E-state index in [4.69, 9.17) is 29.6 Å². The molecule has 1 fully saturated rings. The van der Waals surface area contributed by atoms with Gasteiger partial charge in [-0.15, -0.1) is 0 Å². The van der Waals surface area contributed by atoms with Crippen LogP contribution in [0.25, 0.3) is 0 Å². The Kier molecular flexibility index (Phi) is 3.73. The lowest BCUT2D eigenvalue weighted by Crippen LogP contribution is -2.58. The number of carbonyl (C=O) groups is 1. The van der Waals surface area contributed by atoms with Crippen molar-refractivity contribution in [2.45, 2.75) is 19.0 Å². The number of rotatable bonds is 2. The topological polar surface area (TPSA) is 67.2 Å². The van der Waals surface area contributed by atoms with Crippen LogP contribution >= 0.6 is 23.8 Å². The van der Waals surface area contributed by atoms with Gasteiger partial charge in [0.1, 0.15) is 0 Å². The average molecular weight is 284 g/mol. The normalized spacial score (nSPS) is 27.2. The molecule has 1 saturated heterocycles. The van der Waals surface area contributed by atoms with Gasteiger partial charge in [-0.3, -0.25) is 4.79 Å². The van der Waals surface area contributed by atoms with Crippen LogP contribution in [0.2, 0.25) is 5.02 Å². The molecule has 1 aromatic carbocycles. The summed E-state index contributed by atoms with van der Waals surface area (Å²) in [7, 11) is 0. The van der Waals surface area contributed by atoms with Crippen LogP contribution in [0.1, 0.15) is 18.5 Å². The van der Waals surface area contributed by atoms with Crippen LogP contribution in [-0.4, -0.2) is 17.1 Å². The molecule has 96 valence electrons. The Bertz CT molecular complexity index is 494. The molecule has 6 heteroatoms. The summed E-state index contributed by atoms with van der Waals surface area (Å²) in [6.07, 6.45) is 0. The molecule has 2 rings (SSSR count). The van der Waals surface area contributed by atoms with E-state index < -0.39 is 5.92 Å². The maximum absolute atomic E-state index is 11.6. The zero-order valence-electron chi connectivity index (χ0n) is 9.81. The minimum absolute atomic E-state index is 0.127. The van der Waals surface area contributed by atoms with Crippen molar-refractivity contribution in [3.63, 3.8) is 0 Å². The van der Waals surface area contributed by atoms with Crippen LogP contribution in [0.15, 0.2) is 24.3 Å². The van der Waals surface area contributed by atoms with Crippen LogP contribution in [0.4, 0.5) is 0 Å². The van der Waals surface area contributed by atoms with E-state index in [0.29, 0.717) is 10.1 Å². The molecule has 0 saturated carbocycles. The van der Waals surface area contributed by atoms with Crippen LogP contribution in [0, 0.1) is 5.92 Å². The van der Waals surface area contributed by atoms with Gasteiger partial charge in [-0.2, -0.15) is 0 Å². The Hall–Kier alpha value is -1.33. The van der Waals surface area contributed by atoms with E-state index in [-0.39, 0.29) is 18.0 Å². The van der Waals surface area contributed by atoms with Gasteiger partial charge in [0.05, 0.1) is 12.0 Å². The largest absolute Gasteiger partial charge is 0.369 e. The van der Waals surface area contributed by atoms with Gasteiger partial charge in [0.15, 0.2) is 5.11 Å². The van der Waals surface area contributed by atoms with Gasteiger partial charge >= 0.3 is 0 Å². The first-order chi connectivity index (χ1) is 8.50. The van der Waals surface area contributed by atoms with Crippen molar-refractivity contribution < 1.29 is 4.79 Å². The van der Waals surface area contributed by atoms with Crippen LogP contribution < -0.4 is 16.4 Å². The SMILES string of the molecule is CC1NC(=S)NC(c2ccccc2Cl)C1C(N)=O. The number of hydrogen-bond acceptors (Lipinski definition) is 2. The highest BCUT2D eigenvalue weighted by Crippen LogP contribution is 2.31. The summed E-state index contributed by atoms with van der Waals surface area (Å²) in [5.74, 6) is -0.786. The minimum atomic E-state index is -0.406. The summed E-state index contributed by atoms with van der Waals surface area (Å²) in [6.45, 7) is 1.88. The molecule has 0 bridgehead atoms. The number of nitrogens with two attached hydrogens (primary N) is 1. The molecular formula is C12H14ClN3OS. The number of thiocarbonyl (C=S) groups is 1. The zero-order valence-corrected chi connectivity index (χ0v) is 11.4. The van der Waals surface area contributed by atoms with Crippen molar-refractivity contribution in [1.29, 1.82) is 0 Å². The first kappa shape index (κ1) is 13.1. The highest BCUT2D eigenvalue weighted by atomic mass is 35.5. The number of nitrogens with one attached hydrogen (secondary N) is 2. The van der Waals surface area contributed by atoms with Crippen molar-refractivity contribution in [3.05, 3.63) is 34.9 Å². The molecule has 4 N–H and O–H groups in total. The molecule has 1 heterocycles. The predicted octanol–water partition coefficient (Wildman–Crippen LogP) is 1.35. The highest BCUT2D eigenvalue weighted by Gasteiger charge is 2.38. The molecule has 18 heavy (non-hydrogen) atoms. The lowest BCUT2D eigenvalue weighted by atomic mass is 9.85. The van der Waals surface area contributed by atoms with E-state index in [0.717, 1.165) is 5.56 Å². The van der Waals surface area contributed by atoms with Crippen molar-refractivity contribution >= 4 is 34.8 Å². The average Bonchev–Trinajstić information content (AvgIpc) is 2.27. The van der Waals surface area contributed by atoms with Crippen molar-refractivity contribution in [3.8, 4) is 0 Å². The standard InChI is InChI=1S/C12H14ClN3OS/c1-6-9(11(14)17)10(16-12(18)15-6)7-4-2-3-5-8(7)13/h2-6,9-10H,1H3,(H2,14,17)(H2,15,16,18). The smallest absolute Gasteiger partial charge is 0.225 e. The van der Waals surface area contributed by atoms with E-state index in [1.165, 1.54) is 0 Å². The van der Waals surface area contributed by atoms with Crippen LogP contribution in [0.3, 0.4) is 0 Å². The summed E-state index contributed by atoms with van der Waals surface area (Å²) in [5.41, 5.74) is 6.31. The molecule has 0 aromatic heterocycles. The fourth-order valence-electron chi connectivity index (χ4n) is 2.27. The summed E-state index contributed by atoms with van der Waals surface area (Å²) in [4.78, 5) is 11.6. The fourth-order valence-corrected chi connectivity index (χ4v) is 2.83. The molecule has 4 nitrogen and oxygen atoms in total. The van der Waals surface area contributed by atoms with Crippen molar-refractivity contribution in [2.24, 2.45) is 11.7 Å².